The van der Waals surface area contributed by atoms with Crippen LogP contribution >= 0.6 is 11.8 Å². The summed E-state index contributed by atoms with van der Waals surface area (Å²) in [5.41, 5.74) is 2.48. The van der Waals surface area contributed by atoms with Crippen molar-refractivity contribution in [3.8, 4) is 0 Å². The maximum absolute atomic E-state index is 12.6. The Morgan fingerprint density at radius 1 is 1.06 bits per heavy atom. The average Bonchev–Trinajstić information content (AvgIpc) is 3.36. The molecule has 2 aromatic heterocycles. The van der Waals surface area contributed by atoms with Gasteiger partial charge in [-0.25, -0.2) is 0 Å². The second-order valence-corrected chi connectivity index (χ2v) is 8.53. The number of para-hydroxylation sites is 1. The standard InChI is InChI=1S/C24H22N4O2S/c29-23(25-20-8-2-1-3-9-20)19-7-4-6-17(14-19)16-31-24-27-26-22(18-11-12-18)28(24)15-21-10-5-13-30-21/h1-10,13-14,18H,11-12,15-16H2,(H,25,29). The number of thioether (sulfide) groups is 1. The highest BCUT2D eigenvalue weighted by Gasteiger charge is 2.30. The van der Waals surface area contributed by atoms with Gasteiger partial charge in [0.2, 0.25) is 0 Å². The van der Waals surface area contributed by atoms with Crippen molar-refractivity contribution in [2.45, 2.75) is 36.2 Å². The second-order valence-electron chi connectivity index (χ2n) is 7.59. The molecule has 5 rings (SSSR count). The molecule has 1 N–H and O–H groups in total. The predicted octanol–water partition coefficient (Wildman–Crippen LogP) is 5.34. The van der Waals surface area contributed by atoms with Crippen LogP contribution in [-0.4, -0.2) is 20.7 Å². The Bertz CT molecular complexity index is 1170. The second kappa shape index (κ2) is 8.81. The number of nitrogens with one attached hydrogen (secondary N) is 1. The molecule has 2 aromatic carbocycles. The Kier molecular flexibility index (Phi) is 5.58. The summed E-state index contributed by atoms with van der Waals surface area (Å²) in [6.45, 7) is 0.633. The third kappa shape index (κ3) is 4.72. The third-order valence-electron chi connectivity index (χ3n) is 5.17. The van der Waals surface area contributed by atoms with Crippen molar-refractivity contribution in [1.29, 1.82) is 0 Å². The summed E-state index contributed by atoms with van der Waals surface area (Å²) < 4.78 is 7.70. The maximum atomic E-state index is 12.6. The molecule has 156 valence electrons. The van der Waals surface area contributed by atoms with Gasteiger partial charge in [-0.15, -0.1) is 10.2 Å². The van der Waals surface area contributed by atoms with Gasteiger partial charge in [0.1, 0.15) is 11.6 Å². The fourth-order valence-corrected chi connectivity index (χ4v) is 4.32. The molecule has 1 aliphatic rings. The van der Waals surface area contributed by atoms with Gasteiger partial charge in [-0.05, 0) is 54.8 Å². The molecule has 1 aliphatic carbocycles. The van der Waals surface area contributed by atoms with Crippen molar-refractivity contribution in [3.05, 3.63) is 95.7 Å². The summed E-state index contributed by atoms with van der Waals surface area (Å²) in [6.07, 6.45) is 4.02. The number of aromatic nitrogens is 3. The lowest BCUT2D eigenvalue weighted by molar-refractivity contribution is 0.102. The van der Waals surface area contributed by atoms with Gasteiger partial charge < -0.3 is 9.73 Å². The molecule has 7 heteroatoms. The minimum atomic E-state index is -0.116. The maximum Gasteiger partial charge on any atom is 0.255 e. The zero-order chi connectivity index (χ0) is 21.0. The van der Waals surface area contributed by atoms with Crippen LogP contribution in [0.25, 0.3) is 0 Å². The molecular formula is C24H22N4O2S. The van der Waals surface area contributed by atoms with Crippen molar-refractivity contribution in [1.82, 2.24) is 14.8 Å². The van der Waals surface area contributed by atoms with E-state index in [-0.39, 0.29) is 5.91 Å². The van der Waals surface area contributed by atoms with Crippen LogP contribution in [0.4, 0.5) is 5.69 Å². The normalized spacial score (nSPS) is 13.3. The first-order chi connectivity index (χ1) is 15.3. The largest absolute Gasteiger partial charge is 0.467 e. The van der Waals surface area contributed by atoms with E-state index in [0.717, 1.165) is 28.0 Å². The smallest absolute Gasteiger partial charge is 0.255 e. The van der Waals surface area contributed by atoms with Crippen LogP contribution in [0.3, 0.4) is 0 Å². The highest BCUT2D eigenvalue weighted by Crippen LogP contribution is 2.40. The number of carbonyl (C=O) groups excluding carboxylic acids is 1. The van der Waals surface area contributed by atoms with Gasteiger partial charge in [0.15, 0.2) is 5.16 Å². The van der Waals surface area contributed by atoms with Crippen LogP contribution in [0, 0.1) is 0 Å². The highest BCUT2D eigenvalue weighted by atomic mass is 32.2. The fraction of sp³-hybridized carbons (Fsp3) is 0.208. The number of rotatable bonds is 8. The number of benzene rings is 2. The van der Waals surface area contributed by atoms with E-state index >= 15 is 0 Å². The van der Waals surface area contributed by atoms with E-state index in [0.29, 0.717) is 23.8 Å². The zero-order valence-corrected chi connectivity index (χ0v) is 17.7. The molecule has 1 fully saturated rings. The quantitative estimate of drug-likeness (QED) is 0.382. The Balaban J connectivity index is 1.29. The van der Waals surface area contributed by atoms with Gasteiger partial charge in [0.05, 0.1) is 12.8 Å². The molecule has 6 nitrogen and oxygen atoms in total. The molecule has 31 heavy (non-hydrogen) atoms. The number of nitrogens with zero attached hydrogens (tertiary/aromatic N) is 3. The summed E-state index contributed by atoms with van der Waals surface area (Å²) in [5.74, 6) is 3.02. The monoisotopic (exact) mass is 430 g/mol. The molecule has 2 heterocycles. The molecule has 0 bridgehead atoms. The molecule has 0 atom stereocenters. The van der Waals surface area contributed by atoms with E-state index < -0.39 is 0 Å². The lowest BCUT2D eigenvalue weighted by Crippen LogP contribution is -2.11. The highest BCUT2D eigenvalue weighted by molar-refractivity contribution is 7.98. The zero-order valence-electron chi connectivity index (χ0n) is 16.9. The minimum Gasteiger partial charge on any atom is -0.467 e. The van der Waals surface area contributed by atoms with Crippen LogP contribution < -0.4 is 5.32 Å². The van der Waals surface area contributed by atoms with Crippen molar-refractivity contribution in [3.63, 3.8) is 0 Å². The van der Waals surface area contributed by atoms with Gasteiger partial charge in [-0.2, -0.15) is 0 Å². The van der Waals surface area contributed by atoms with Crippen LogP contribution in [0.5, 0.6) is 0 Å². The van der Waals surface area contributed by atoms with E-state index in [1.54, 1.807) is 18.0 Å². The number of furan rings is 1. The van der Waals surface area contributed by atoms with Gasteiger partial charge in [0, 0.05) is 22.9 Å². The van der Waals surface area contributed by atoms with Crippen LogP contribution in [0.2, 0.25) is 0 Å². The van der Waals surface area contributed by atoms with Gasteiger partial charge in [0.25, 0.3) is 5.91 Å². The topological polar surface area (TPSA) is 73.0 Å². The number of anilines is 1. The molecule has 1 saturated carbocycles. The van der Waals surface area contributed by atoms with E-state index in [2.05, 4.69) is 20.1 Å². The number of hydrogen-bond acceptors (Lipinski definition) is 5. The third-order valence-corrected chi connectivity index (χ3v) is 6.21. The van der Waals surface area contributed by atoms with Crippen LogP contribution in [-0.2, 0) is 12.3 Å². The number of amides is 1. The van der Waals surface area contributed by atoms with E-state index in [1.807, 2.05) is 66.7 Å². The Morgan fingerprint density at radius 3 is 2.71 bits per heavy atom. The van der Waals surface area contributed by atoms with Crippen molar-refractivity contribution in [2.24, 2.45) is 0 Å². The van der Waals surface area contributed by atoms with Crippen molar-refractivity contribution in [2.75, 3.05) is 5.32 Å². The first-order valence-corrected chi connectivity index (χ1v) is 11.3. The van der Waals surface area contributed by atoms with E-state index in [9.17, 15) is 4.79 Å². The van der Waals surface area contributed by atoms with E-state index in [1.165, 1.54) is 12.8 Å². The SMILES string of the molecule is O=C(Nc1ccccc1)c1cccc(CSc2nnc(C3CC3)n2Cc2ccco2)c1. The summed E-state index contributed by atoms with van der Waals surface area (Å²) in [4.78, 5) is 12.6. The molecule has 1 amide bonds. The molecular weight excluding hydrogens is 408 g/mol. The number of hydrogen-bond donors (Lipinski definition) is 1. The molecule has 0 saturated heterocycles. The van der Waals surface area contributed by atoms with Crippen molar-refractivity contribution < 1.29 is 9.21 Å². The first kappa shape index (κ1) is 19.6. The molecule has 0 aliphatic heterocycles. The predicted molar refractivity (Wildman–Crippen MR) is 120 cm³/mol. The average molecular weight is 431 g/mol. The Labute approximate surface area is 184 Å². The van der Waals surface area contributed by atoms with Crippen LogP contribution in [0.1, 0.15) is 46.3 Å². The fourth-order valence-electron chi connectivity index (χ4n) is 3.43. The van der Waals surface area contributed by atoms with Crippen molar-refractivity contribution >= 4 is 23.4 Å². The lowest BCUT2D eigenvalue weighted by Gasteiger charge is -2.09. The summed E-state index contributed by atoms with van der Waals surface area (Å²) in [6, 6.07) is 21.1. The lowest BCUT2D eigenvalue weighted by atomic mass is 10.1. The Hall–Kier alpha value is -3.32. The molecule has 0 spiro atoms. The van der Waals surface area contributed by atoms with Gasteiger partial charge in [-0.1, -0.05) is 42.1 Å². The minimum absolute atomic E-state index is 0.116. The van der Waals surface area contributed by atoms with Gasteiger partial charge >= 0.3 is 0 Å². The van der Waals surface area contributed by atoms with E-state index in [4.69, 9.17) is 4.42 Å². The summed E-state index contributed by atoms with van der Waals surface area (Å²) in [7, 11) is 0. The number of carbonyl (C=O) groups is 1. The summed E-state index contributed by atoms with van der Waals surface area (Å²) >= 11 is 1.63. The first-order valence-electron chi connectivity index (χ1n) is 10.3. The molecule has 0 radical (unpaired) electrons. The van der Waals surface area contributed by atoms with Gasteiger partial charge in [-0.3, -0.25) is 9.36 Å². The molecule has 4 aromatic rings. The summed E-state index contributed by atoms with van der Waals surface area (Å²) in [5, 5.41) is 12.7. The Morgan fingerprint density at radius 2 is 1.94 bits per heavy atom. The van der Waals surface area contributed by atoms with Crippen LogP contribution in [0.15, 0.2) is 82.6 Å². The molecule has 0 unspecified atom stereocenters.